The fourth-order valence-corrected chi connectivity index (χ4v) is 2.36. The van der Waals surface area contributed by atoms with Crippen molar-refractivity contribution in [2.45, 2.75) is 19.9 Å². The number of nitrogens with one attached hydrogen (secondary N) is 2. The van der Waals surface area contributed by atoms with Gasteiger partial charge in [-0.3, -0.25) is 10.1 Å². The minimum Gasteiger partial charge on any atom is -0.463 e. The second-order valence-corrected chi connectivity index (χ2v) is 5.00. The molecular formula is C14H15N5O6. The number of benzene rings is 1. The number of non-ortho nitro benzene ring substituents is 1. The lowest BCUT2D eigenvalue weighted by Crippen LogP contribution is -2.46. The predicted octanol–water partition coefficient (Wildman–Crippen LogP) is 1.21. The Morgan fingerprint density at radius 1 is 1.28 bits per heavy atom. The summed E-state index contributed by atoms with van der Waals surface area (Å²) in [6.07, 6.45) is 0. The number of allylic oxidation sites excluding steroid dienone is 1. The summed E-state index contributed by atoms with van der Waals surface area (Å²) in [5, 5.41) is 29.0. The van der Waals surface area contributed by atoms with Crippen LogP contribution in [0.3, 0.4) is 0 Å². The SMILES string of the molecule is CCOC(=O)C1=C(C)NC(=N[N+](=O)[O-])NC1c1ccc([N+](=O)[O-])cc1. The van der Waals surface area contributed by atoms with E-state index >= 15 is 0 Å². The highest BCUT2D eigenvalue weighted by Gasteiger charge is 2.32. The molecule has 1 atom stereocenters. The van der Waals surface area contributed by atoms with Crippen LogP contribution in [0.4, 0.5) is 5.69 Å². The van der Waals surface area contributed by atoms with Gasteiger partial charge in [0.15, 0.2) is 5.03 Å². The molecule has 25 heavy (non-hydrogen) atoms. The second-order valence-electron chi connectivity index (χ2n) is 5.00. The molecule has 1 unspecified atom stereocenters. The van der Waals surface area contributed by atoms with E-state index in [0.717, 1.165) is 0 Å². The molecule has 1 aliphatic heterocycles. The lowest BCUT2D eigenvalue weighted by Gasteiger charge is -2.29. The number of ether oxygens (including phenoxy) is 1. The standard InChI is InChI=1S/C14H15N5O6/c1-3-25-13(20)11-8(2)15-14(17-19(23)24)16-12(11)9-4-6-10(7-5-9)18(21)22/h4-7,12H,3H2,1-2H3,(H2,15,16,17). The van der Waals surface area contributed by atoms with E-state index in [0.29, 0.717) is 11.3 Å². The Kier molecular flexibility index (Phi) is 5.27. The van der Waals surface area contributed by atoms with Gasteiger partial charge < -0.3 is 15.4 Å². The first-order valence-electron chi connectivity index (χ1n) is 7.22. The minimum absolute atomic E-state index is 0.116. The molecule has 1 aromatic carbocycles. The van der Waals surface area contributed by atoms with E-state index in [1.54, 1.807) is 13.8 Å². The van der Waals surface area contributed by atoms with Crippen LogP contribution in [0.25, 0.3) is 0 Å². The van der Waals surface area contributed by atoms with Crippen LogP contribution in [0, 0.1) is 20.2 Å². The number of rotatable bonds is 5. The quantitative estimate of drug-likeness (QED) is 0.457. The minimum atomic E-state index is -0.884. The van der Waals surface area contributed by atoms with Crippen LogP contribution in [-0.4, -0.2) is 28.5 Å². The van der Waals surface area contributed by atoms with Gasteiger partial charge >= 0.3 is 5.97 Å². The largest absolute Gasteiger partial charge is 0.463 e. The van der Waals surface area contributed by atoms with E-state index in [9.17, 15) is 25.0 Å². The van der Waals surface area contributed by atoms with Gasteiger partial charge in [-0.1, -0.05) is 0 Å². The average molecular weight is 349 g/mol. The Morgan fingerprint density at radius 3 is 2.44 bits per heavy atom. The van der Waals surface area contributed by atoms with Gasteiger partial charge in [-0.05, 0) is 31.5 Å². The summed E-state index contributed by atoms with van der Waals surface area (Å²) in [7, 11) is 0. The van der Waals surface area contributed by atoms with Crippen LogP contribution in [0.1, 0.15) is 25.5 Å². The summed E-state index contributed by atoms with van der Waals surface area (Å²) >= 11 is 0. The number of hydrogen-bond donors (Lipinski definition) is 2. The molecule has 1 heterocycles. The van der Waals surface area contributed by atoms with Gasteiger partial charge in [-0.25, -0.2) is 14.9 Å². The average Bonchev–Trinajstić information content (AvgIpc) is 2.53. The summed E-state index contributed by atoms with van der Waals surface area (Å²) in [5.74, 6) is -0.762. The molecule has 1 aliphatic rings. The molecule has 0 saturated carbocycles. The number of hydrazone groups is 1. The number of nitro groups is 2. The molecule has 132 valence electrons. The number of carbonyl (C=O) groups is 1. The molecule has 1 aromatic rings. The van der Waals surface area contributed by atoms with Gasteiger partial charge in [0.05, 0.1) is 23.1 Å². The smallest absolute Gasteiger partial charge is 0.338 e. The Hall–Kier alpha value is -3.50. The molecule has 0 fully saturated rings. The van der Waals surface area contributed by atoms with E-state index in [-0.39, 0.29) is 23.8 Å². The van der Waals surface area contributed by atoms with E-state index in [1.807, 2.05) is 0 Å². The number of guanidine groups is 1. The molecule has 0 aliphatic carbocycles. The maximum absolute atomic E-state index is 12.3. The highest BCUT2D eigenvalue weighted by atomic mass is 16.7. The van der Waals surface area contributed by atoms with E-state index < -0.39 is 22.0 Å². The molecule has 0 radical (unpaired) electrons. The fourth-order valence-electron chi connectivity index (χ4n) is 2.36. The van der Waals surface area contributed by atoms with E-state index in [2.05, 4.69) is 15.7 Å². The summed E-state index contributed by atoms with van der Waals surface area (Å²) in [5.41, 5.74) is 0.917. The van der Waals surface area contributed by atoms with Gasteiger partial charge in [0.1, 0.15) is 5.10 Å². The van der Waals surface area contributed by atoms with E-state index in [4.69, 9.17) is 4.74 Å². The van der Waals surface area contributed by atoms with Gasteiger partial charge in [-0.15, -0.1) is 0 Å². The zero-order valence-electron chi connectivity index (χ0n) is 13.4. The monoisotopic (exact) mass is 349 g/mol. The number of nitro benzene ring substituents is 1. The second kappa shape index (κ2) is 7.38. The first kappa shape index (κ1) is 17.8. The first-order valence-corrected chi connectivity index (χ1v) is 7.22. The summed E-state index contributed by atoms with van der Waals surface area (Å²) in [6.45, 7) is 3.36. The lowest BCUT2D eigenvalue weighted by molar-refractivity contribution is -0.485. The van der Waals surface area contributed by atoms with Crippen molar-refractivity contribution < 1.29 is 19.5 Å². The number of hydrogen-bond acceptors (Lipinski definition) is 6. The van der Waals surface area contributed by atoms with Crippen molar-refractivity contribution in [1.82, 2.24) is 10.6 Å². The van der Waals surface area contributed by atoms with Crippen molar-refractivity contribution in [2.24, 2.45) is 5.10 Å². The Morgan fingerprint density at radius 2 is 1.92 bits per heavy atom. The molecule has 0 aromatic heterocycles. The predicted molar refractivity (Wildman–Crippen MR) is 85.9 cm³/mol. The van der Waals surface area contributed by atoms with Gasteiger partial charge in [0.25, 0.3) is 11.6 Å². The van der Waals surface area contributed by atoms with Gasteiger partial charge in [-0.2, -0.15) is 0 Å². The molecule has 11 nitrogen and oxygen atoms in total. The molecule has 0 saturated heterocycles. The first-order chi connectivity index (χ1) is 11.8. The van der Waals surface area contributed by atoms with Gasteiger partial charge in [0.2, 0.25) is 0 Å². The Bertz CT molecular complexity index is 770. The van der Waals surface area contributed by atoms with Crippen LogP contribution >= 0.6 is 0 Å². The zero-order valence-corrected chi connectivity index (χ0v) is 13.4. The van der Waals surface area contributed by atoms with Crippen molar-refractivity contribution in [1.29, 1.82) is 0 Å². The number of nitrogens with zero attached hydrogens (tertiary/aromatic N) is 3. The van der Waals surface area contributed by atoms with Gasteiger partial charge in [0, 0.05) is 17.8 Å². The molecule has 0 bridgehead atoms. The van der Waals surface area contributed by atoms with Crippen molar-refractivity contribution in [3.8, 4) is 0 Å². The van der Waals surface area contributed by atoms with Crippen molar-refractivity contribution >= 4 is 17.6 Å². The maximum Gasteiger partial charge on any atom is 0.338 e. The normalized spacial score (nSPS) is 18.3. The molecule has 0 spiro atoms. The number of carbonyl (C=O) groups excluding carboxylic acids is 1. The van der Waals surface area contributed by atoms with Crippen LogP contribution in [0.2, 0.25) is 0 Å². The topological polar surface area (TPSA) is 149 Å². The third-order valence-corrected chi connectivity index (χ3v) is 3.39. The summed E-state index contributed by atoms with van der Waals surface area (Å²) < 4.78 is 5.02. The highest BCUT2D eigenvalue weighted by molar-refractivity contribution is 5.96. The summed E-state index contributed by atoms with van der Waals surface area (Å²) in [6, 6.07) is 4.66. The third-order valence-electron chi connectivity index (χ3n) is 3.39. The summed E-state index contributed by atoms with van der Waals surface area (Å²) in [4.78, 5) is 33.1. The van der Waals surface area contributed by atoms with E-state index in [1.165, 1.54) is 24.3 Å². The molecule has 0 amide bonds. The Balaban J connectivity index is 2.47. The van der Waals surface area contributed by atoms with Crippen molar-refractivity contribution in [3.63, 3.8) is 0 Å². The fraction of sp³-hybridized carbons (Fsp3) is 0.286. The van der Waals surface area contributed by atoms with Crippen molar-refractivity contribution in [2.75, 3.05) is 6.61 Å². The zero-order chi connectivity index (χ0) is 18.6. The van der Waals surface area contributed by atoms with Crippen LogP contribution in [0.5, 0.6) is 0 Å². The maximum atomic E-state index is 12.3. The third kappa shape index (κ3) is 4.07. The molecule has 2 rings (SSSR count). The number of esters is 1. The highest BCUT2D eigenvalue weighted by Crippen LogP contribution is 2.28. The van der Waals surface area contributed by atoms with Crippen LogP contribution < -0.4 is 10.6 Å². The Labute approximate surface area is 141 Å². The van der Waals surface area contributed by atoms with Crippen LogP contribution in [0.15, 0.2) is 40.6 Å². The molecule has 11 heteroatoms. The van der Waals surface area contributed by atoms with Crippen LogP contribution in [-0.2, 0) is 9.53 Å². The molecular weight excluding hydrogens is 334 g/mol. The lowest BCUT2D eigenvalue weighted by atomic mass is 9.95. The molecule has 2 N–H and O–H groups in total. The van der Waals surface area contributed by atoms with Crippen molar-refractivity contribution in [3.05, 3.63) is 61.3 Å².